The van der Waals surface area contributed by atoms with Crippen molar-refractivity contribution in [1.29, 1.82) is 0 Å². The quantitative estimate of drug-likeness (QED) is 0.329. The number of hydrogen-bond donors (Lipinski definition) is 2. The minimum absolute atomic E-state index is 0. The van der Waals surface area contributed by atoms with Gasteiger partial charge in [-0.05, 0) is 57.3 Å². The molecule has 3 heterocycles. The Hall–Kier alpha value is -0.420. The second-order valence-corrected chi connectivity index (χ2v) is 8.51. The first-order valence-corrected chi connectivity index (χ1v) is 11.2. The predicted octanol–water partition coefficient (Wildman–Crippen LogP) is 2.64. The van der Waals surface area contributed by atoms with Crippen molar-refractivity contribution in [2.45, 2.75) is 25.8 Å². The maximum absolute atomic E-state index is 5.54. The van der Waals surface area contributed by atoms with Gasteiger partial charge in [0, 0.05) is 31.1 Å². The van der Waals surface area contributed by atoms with Crippen molar-refractivity contribution < 1.29 is 4.74 Å². The van der Waals surface area contributed by atoms with Crippen LogP contribution < -0.4 is 10.6 Å². The molecule has 2 fully saturated rings. The lowest BCUT2D eigenvalue weighted by molar-refractivity contribution is 0.0186. The molecule has 1 atom stereocenters. The van der Waals surface area contributed by atoms with Crippen LogP contribution in [0, 0.1) is 5.92 Å². The van der Waals surface area contributed by atoms with Gasteiger partial charge in [-0.3, -0.25) is 9.89 Å². The number of thiophene rings is 1. The molecule has 1 unspecified atom stereocenters. The Labute approximate surface area is 191 Å². The van der Waals surface area contributed by atoms with E-state index in [2.05, 4.69) is 51.9 Å². The fourth-order valence-corrected chi connectivity index (χ4v) is 4.63. The van der Waals surface area contributed by atoms with Crippen LogP contribution in [0.4, 0.5) is 0 Å². The van der Waals surface area contributed by atoms with Crippen LogP contribution in [-0.4, -0.2) is 81.8 Å². The van der Waals surface area contributed by atoms with Gasteiger partial charge in [-0.2, -0.15) is 0 Å². The molecule has 0 radical (unpaired) electrons. The van der Waals surface area contributed by atoms with E-state index in [0.29, 0.717) is 6.04 Å². The second-order valence-electron chi connectivity index (χ2n) is 7.53. The second kappa shape index (κ2) is 13.0. The molecule has 0 bridgehead atoms. The number of piperidine rings is 1. The Morgan fingerprint density at radius 2 is 2.00 bits per heavy atom. The number of nitrogens with zero attached hydrogens (tertiary/aromatic N) is 3. The van der Waals surface area contributed by atoms with E-state index < -0.39 is 0 Å². The highest BCUT2D eigenvalue weighted by Gasteiger charge is 2.23. The van der Waals surface area contributed by atoms with Crippen LogP contribution in [0.1, 0.15) is 30.7 Å². The van der Waals surface area contributed by atoms with Crippen LogP contribution in [0.3, 0.4) is 0 Å². The molecule has 28 heavy (non-hydrogen) atoms. The third-order valence-corrected chi connectivity index (χ3v) is 6.49. The fourth-order valence-electron chi connectivity index (χ4n) is 3.78. The zero-order valence-corrected chi connectivity index (χ0v) is 20.4. The van der Waals surface area contributed by atoms with Gasteiger partial charge in [0.15, 0.2) is 5.96 Å². The summed E-state index contributed by atoms with van der Waals surface area (Å²) in [7, 11) is 2.21. The highest BCUT2D eigenvalue weighted by atomic mass is 127. The van der Waals surface area contributed by atoms with Gasteiger partial charge in [0.1, 0.15) is 0 Å². The summed E-state index contributed by atoms with van der Waals surface area (Å²) in [6.07, 6.45) is 2.54. The fraction of sp³-hybridized carbons (Fsp3) is 0.750. The topological polar surface area (TPSA) is 52.1 Å². The molecule has 2 aliphatic heterocycles. The van der Waals surface area contributed by atoms with Crippen molar-refractivity contribution in [3.63, 3.8) is 0 Å². The van der Waals surface area contributed by atoms with Gasteiger partial charge >= 0.3 is 0 Å². The van der Waals surface area contributed by atoms with Crippen LogP contribution in [-0.2, 0) is 4.74 Å². The molecule has 1 aromatic rings. The van der Waals surface area contributed by atoms with Crippen LogP contribution in [0.2, 0.25) is 0 Å². The molecule has 0 amide bonds. The molecule has 160 valence electrons. The summed E-state index contributed by atoms with van der Waals surface area (Å²) < 4.78 is 5.54. The summed E-state index contributed by atoms with van der Waals surface area (Å²) >= 11 is 1.83. The summed E-state index contributed by atoms with van der Waals surface area (Å²) in [5, 5.41) is 9.18. The Balaban J connectivity index is 0.00000280. The molecular formula is C20H36IN5OS. The average Bonchev–Trinajstić information content (AvgIpc) is 3.23. The maximum Gasteiger partial charge on any atom is 0.191 e. The highest BCUT2D eigenvalue weighted by Crippen LogP contribution is 2.26. The minimum Gasteiger partial charge on any atom is -0.379 e. The van der Waals surface area contributed by atoms with E-state index in [1.54, 1.807) is 0 Å². The molecule has 1 aromatic heterocycles. The summed E-state index contributed by atoms with van der Waals surface area (Å²) in [4.78, 5) is 11.3. The monoisotopic (exact) mass is 521 g/mol. The number of guanidine groups is 1. The lowest BCUT2D eigenvalue weighted by Crippen LogP contribution is -2.43. The van der Waals surface area contributed by atoms with Gasteiger partial charge in [-0.25, -0.2) is 0 Å². The first-order valence-electron chi connectivity index (χ1n) is 10.3. The number of halogens is 1. The summed E-state index contributed by atoms with van der Waals surface area (Å²) in [5.74, 6) is 1.70. The molecule has 0 spiro atoms. The van der Waals surface area contributed by atoms with Crippen LogP contribution in [0.5, 0.6) is 0 Å². The first-order chi connectivity index (χ1) is 13.3. The molecule has 2 saturated heterocycles. The SMILES string of the molecule is CCNC(=NCC(c1cccs1)N1CCOCC1)NCC1CCN(C)CC1.I. The smallest absolute Gasteiger partial charge is 0.191 e. The number of morpholine rings is 1. The van der Waals surface area contributed by atoms with Crippen LogP contribution in [0.25, 0.3) is 0 Å². The van der Waals surface area contributed by atoms with Gasteiger partial charge < -0.3 is 20.3 Å². The van der Waals surface area contributed by atoms with E-state index in [4.69, 9.17) is 9.73 Å². The van der Waals surface area contributed by atoms with E-state index in [1.807, 2.05) is 11.3 Å². The highest BCUT2D eigenvalue weighted by molar-refractivity contribution is 14.0. The van der Waals surface area contributed by atoms with Crippen LogP contribution in [0.15, 0.2) is 22.5 Å². The van der Waals surface area contributed by atoms with Gasteiger partial charge in [-0.1, -0.05) is 6.07 Å². The number of nitrogens with one attached hydrogen (secondary N) is 2. The van der Waals surface area contributed by atoms with Gasteiger partial charge in [0.2, 0.25) is 0 Å². The Bertz CT molecular complexity index is 557. The molecule has 2 aliphatic rings. The first kappa shape index (κ1) is 23.9. The molecule has 3 rings (SSSR count). The molecule has 0 aliphatic carbocycles. The molecule has 0 aromatic carbocycles. The van der Waals surface area contributed by atoms with Crippen LogP contribution >= 0.6 is 35.3 Å². The summed E-state index contributed by atoms with van der Waals surface area (Å²) in [6.45, 7) is 10.8. The molecule has 0 saturated carbocycles. The van der Waals surface area contributed by atoms with Crippen molar-refractivity contribution in [2.75, 3.05) is 66.1 Å². The number of likely N-dealkylation sites (tertiary alicyclic amines) is 1. The van der Waals surface area contributed by atoms with Crippen molar-refractivity contribution in [3.8, 4) is 0 Å². The lowest BCUT2D eigenvalue weighted by Gasteiger charge is -2.33. The number of aliphatic imine (C=N–C) groups is 1. The molecule has 6 nitrogen and oxygen atoms in total. The molecule has 8 heteroatoms. The lowest BCUT2D eigenvalue weighted by atomic mass is 9.97. The van der Waals surface area contributed by atoms with E-state index >= 15 is 0 Å². The van der Waals surface area contributed by atoms with Gasteiger partial charge in [-0.15, -0.1) is 35.3 Å². The zero-order valence-electron chi connectivity index (χ0n) is 17.2. The molecule has 2 N–H and O–H groups in total. The summed E-state index contributed by atoms with van der Waals surface area (Å²) in [5.41, 5.74) is 0. The summed E-state index contributed by atoms with van der Waals surface area (Å²) in [6, 6.07) is 4.72. The van der Waals surface area contributed by atoms with E-state index in [-0.39, 0.29) is 24.0 Å². The third-order valence-electron chi connectivity index (χ3n) is 5.52. The molecular weight excluding hydrogens is 485 g/mol. The van der Waals surface area contributed by atoms with E-state index in [9.17, 15) is 0 Å². The number of ether oxygens (including phenoxy) is 1. The third kappa shape index (κ3) is 7.44. The largest absolute Gasteiger partial charge is 0.379 e. The Kier molecular flexibility index (Phi) is 11.1. The maximum atomic E-state index is 5.54. The minimum atomic E-state index is 0. The van der Waals surface area contributed by atoms with E-state index in [0.717, 1.165) is 57.8 Å². The van der Waals surface area contributed by atoms with Crippen molar-refractivity contribution >= 4 is 41.3 Å². The van der Waals surface area contributed by atoms with Gasteiger partial charge in [0.25, 0.3) is 0 Å². The van der Waals surface area contributed by atoms with Crippen molar-refractivity contribution in [1.82, 2.24) is 20.4 Å². The normalized spacial score (nSPS) is 21.1. The van der Waals surface area contributed by atoms with Crippen molar-refractivity contribution in [3.05, 3.63) is 22.4 Å². The van der Waals surface area contributed by atoms with E-state index in [1.165, 1.54) is 30.8 Å². The Morgan fingerprint density at radius 3 is 2.64 bits per heavy atom. The van der Waals surface area contributed by atoms with Gasteiger partial charge in [0.05, 0.1) is 25.8 Å². The van der Waals surface area contributed by atoms with Crippen molar-refractivity contribution in [2.24, 2.45) is 10.9 Å². The number of rotatable bonds is 7. The Morgan fingerprint density at radius 1 is 1.25 bits per heavy atom. The number of hydrogen-bond acceptors (Lipinski definition) is 5. The standard InChI is InChI=1S/C20H35N5OS.HI/c1-3-21-20(22-15-17-6-8-24(2)9-7-17)23-16-18(19-5-4-14-27-19)25-10-12-26-13-11-25;/h4-5,14,17-18H,3,6-13,15-16H2,1-2H3,(H2,21,22,23);1H. The predicted molar refractivity (Wildman–Crippen MR) is 129 cm³/mol. The average molecular weight is 522 g/mol. The zero-order chi connectivity index (χ0) is 18.9.